The lowest BCUT2D eigenvalue weighted by Gasteiger charge is -2.23. The average molecular weight is 471 g/mol. The molecule has 0 radical (unpaired) electrons. The second kappa shape index (κ2) is 8.74. The number of nitrogens with zero attached hydrogens (tertiary/aromatic N) is 1. The Labute approximate surface area is 192 Å². The van der Waals surface area contributed by atoms with Gasteiger partial charge < -0.3 is 14.3 Å². The zero-order valence-electron chi connectivity index (χ0n) is 18.2. The fourth-order valence-electron chi connectivity index (χ4n) is 3.74. The first-order valence-electron chi connectivity index (χ1n) is 10.4. The van der Waals surface area contributed by atoms with Crippen LogP contribution in [0, 0.1) is 0 Å². The van der Waals surface area contributed by atoms with Crippen molar-refractivity contribution in [3.05, 3.63) is 89.4 Å². The number of alkyl halides is 3. The fraction of sp³-hybridized carbons (Fsp3) is 0.200. The molecule has 1 saturated heterocycles. The molecule has 176 valence electrons. The van der Waals surface area contributed by atoms with Gasteiger partial charge in [-0.2, -0.15) is 13.2 Å². The van der Waals surface area contributed by atoms with Crippen molar-refractivity contribution in [1.29, 1.82) is 0 Å². The summed E-state index contributed by atoms with van der Waals surface area (Å²) in [4.78, 5) is 27.0. The topological polar surface area (TPSA) is 80.0 Å². The van der Waals surface area contributed by atoms with Gasteiger partial charge in [0.05, 0.1) is 23.5 Å². The van der Waals surface area contributed by atoms with Crippen LogP contribution in [0.4, 0.5) is 18.9 Å². The number of benzene rings is 2. The number of hydrogen-bond acceptors (Lipinski definition) is 5. The molecule has 2 heterocycles. The largest absolute Gasteiger partial charge is 0.507 e. The molecule has 1 unspecified atom stereocenters. The van der Waals surface area contributed by atoms with E-state index in [1.807, 2.05) is 13.8 Å². The Balaban J connectivity index is 1.80. The van der Waals surface area contributed by atoms with Crippen molar-refractivity contribution in [3.63, 3.8) is 0 Å². The van der Waals surface area contributed by atoms with Crippen molar-refractivity contribution >= 4 is 23.1 Å². The van der Waals surface area contributed by atoms with Gasteiger partial charge in [0, 0.05) is 11.3 Å². The summed E-state index contributed by atoms with van der Waals surface area (Å²) in [5.41, 5.74) is -0.822. The molecule has 0 bridgehead atoms. The third kappa shape index (κ3) is 4.28. The molecule has 4 rings (SSSR count). The van der Waals surface area contributed by atoms with Crippen LogP contribution in [0.5, 0.6) is 5.75 Å². The number of Topliss-reactive ketones (excluding diaryl/α,β-unsaturated/α-hetero) is 1. The quantitative estimate of drug-likeness (QED) is 0.293. The van der Waals surface area contributed by atoms with Crippen LogP contribution in [-0.2, 0) is 15.8 Å². The summed E-state index contributed by atoms with van der Waals surface area (Å²) in [6.07, 6.45) is -3.29. The lowest BCUT2D eigenvalue weighted by Crippen LogP contribution is -2.29. The van der Waals surface area contributed by atoms with E-state index < -0.39 is 35.2 Å². The maximum absolute atomic E-state index is 13.0. The van der Waals surface area contributed by atoms with Crippen LogP contribution in [0.25, 0.3) is 5.76 Å². The molecule has 9 heteroatoms. The number of anilines is 1. The molecule has 1 fully saturated rings. The highest BCUT2D eigenvalue weighted by Crippen LogP contribution is 2.43. The Bertz CT molecular complexity index is 1230. The van der Waals surface area contributed by atoms with Gasteiger partial charge in [-0.05, 0) is 74.5 Å². The maximum Gasteiger partial charge on any atom is 0.416 e. The summed E-state index contributed by atoms with van der Waals surface area (Å²) in [7, 11) is 0. The molecule has 2 aromatic carbocycles. The van der Waals surface area contributed by atoms with Gasteiger partial charge in [0.2, 0.25) is 0 Å². The number of halogens is 3. The SMILES string of the molecule is CC(C)Oc1ccc(/C(O)=C2/C(=O)C(=O)N(c3ccc(C(F)(F)F)cc3)C2c2ccco2)cc1. The average Bonchev–Trinajstić information content (AvgIpc) is 3.40. The standard InChI is InChI=1S/C25H20F3NO5/c1-14(2)34-18-11-5-15(6-12-18)22(30)20-21(19-4-3-13-33-19)29(24(32)23(20)31)17-9-7-16(8-10-17)25(26,27)28/h3-14,21,30H,1-2H3/b22-20-. The number of aliphatic hydroxyl groups excluding tert-OH is 1. The summed E-state index contributed by atoms with van der Waals surface area (Å²) in [6, 6.07) is 12.0. The fourth-order valence-corrected chi connectivity index (χ4v) is 3.74. The van der Waals surface area contributed by atoms with Crippen molar-refractivity contribution in [2.24, 2.45) is 0 Å². The summed E-state index contributed by atoms with van der Waals surface area (Å²) >= 11 is 0. The van der Waals surface area contributed by atoms with E-state index in [1.54, 1.807) is 18.2 Å². The predicted molar refractivity (Wildman–Crippen MR) is 117 cm³/mol. The number of furan rings is 1. The van der Waals surface area contributed by atoms with Crippen LogP contribution in [0.1, 0.15) is 36.8 Å². The van der Waals surface area contributed by atoms with Crippen LogP contribution < -0.4 is 9.64 Å². The van der Waals surface area contributed by atoms with Crippen LogP contribution in [0.2, 0.25) is 0 Å². The number of ketones is 1. The van der Waals surface area contributed by atoms with E-state index >= 15 is 0 Å². The molecule has 1 atom stereocenters. The number of hydrogen-bond donors (Lipinski definition) is 1. The second-order valence-corrected chi connectivity index (χ2v) is 7.92. The second-order valence-electron chi connectivity index (χ2n) is 7.92. The Kier molecular flexibility index (Phi) is 5.95. The third-order valence-electron chi connectivity index (χ3n) is 5.23. The van der Waals surface area contributed by atoms with Crippen molar-refractivity contribution < 1.29 is 37.0 Å². The number of carbonyl (C=O) groups excluding carboxylic acids is 2. The molecule has 1 amide bonds. The van der Waals surface area contributed by atoms with Gasteiger partial charge in [-0.1, -0.05) is 0 Å². The van der Waals surface area contributed by atoms with Crippen molar-refractivity contribution in [3.8, 4) is 5.75 Å². The first-order valence-corrected chi connectivity index (χ1v) is 10.4. The maximum atomic E-state index is 13.0. The highest BCUT2D eigenvalue weighted by atomic mass is 19.4. The lowest BCUT2D eigenvalue weighted by atomic mass is 9.99. The summed E-state index contributed by atoms with van der Waals surface area (Å²) in [5.74, 6) is -1.70. The van der Waals surface area contributed by atoms with E-state index in [1.165, 1.54) is 24.5 Å². The summed E-state index contributed by atoms with van der Waals surface area (Å²) in [5, 5.41) is 11.0. The Hall–Kier alpha value is -4.01. The van der Waals surface area contributed by atoms with E-state index in [2.05, 4.69) is 0 Å². The normalized spacial score (nSPS) is 18.1. The van der Waals surface area contributed by atoms with Crippen molar-refractivity contribution in [1.82, 2.24) is 0 Å². The van der Waals surface area contributed by atoms with E-state index in [-0.39, 0.29) is 28.7 Å². The van der Waals surface area contributed by atoms with Crippen LogP contribution >= 0.6 is 0 Å². The summed E-state index contributed by atoms with van der Waals surface area (Å²) in [6.45, 7) is 3.72. The van der Waals surface area contributed by atoms with Gasteiger partial charge in [-0.25, -0.2) is 0 Å². The van der Waals surface area contributed by atoms with E-state index in [9.17, 15) is 27.9 Å². The zero-order valence-corrected chi connectivity index (χ0v) is 18.2. The summed E-state index contributed by atoms with van der Waals surface area (Å²) < 4.78 is 50.0. The number of ether oxygens (including phenoxy) is 1. The first-order chi connectivity index (χ1) is 16.1. The van der Waals surface area contributed by atoms with Gasteiger partial charge in [0.1, 0.15) is 23.3 Å². The number of carbonyl (C=O) groups is 2. The van der Waals surface area contributed by atoms with E-state index in [4.69, 9.17) is 9.15 Å². The number of rotatable bonds is 5. The van der Waals surface area contributed by atoms with Gasteiger partial charge in [-0.3, -0.25) is 14.5 Å². The molecule has 3 aromatic rings. The van der Waals surface area contributed by atoms with Crippen LogP contribution in [0.15, 0.2) is 76.9 Å². The molecule has 1 N–H and O–H groups in total. The molecule has 6 nitrogen and oxygen atoms in total. The van der Waals surface area contributed by atoms with Crippen molar-refractivity contribution in [2.45, 2.75) is 32.2 Å². The molecule has 0 aliphatic carbocycles. The molecule has 1 aliphatic heterocycles. The molecule has 34 heavy (non-hydrogen) atoms. The highest BCUT2D eigenvalue weighted by molar-refractivity contribution is 6.51. The molecule has 0 saturated carbocycles. The van der Waals surface area contributed by atoms with Gasteiger partial charge in [-0.15, -0.1) is 0 Å². The van der Waals surface area contributed by atoms with Crippen molar-refractivity contribution in [2.75, 3.05) is 4.90 Å². The van der Waals surface area contributed by atoms with E-state index in [0.29, 0.717) is 5.75 Å². The minimum atomic E-state index is -4.56. The Morgan fingerprint density at radius 1 is 1.03 bits per heavy atom. The first kappa shape index (κ1) is 23.2. The minimum absolute atomic E-state index is 0.0521. The number of aliphatic hydroxyl groups is 1. The molecular formula is C25H20F3NO5. The highest BCUT2D eigenvalue weighted by Gasteiger charge is 2.48. The molecular weight excluding hydrogens is 451 g/mol. The van der Waals surface area contributed by atoms with Gasteiger partial charge in [0.25, 0.3) is 11.7 Å². The Morgan fingerprint density at radius 3 is 2.21 bits per heavy atom. The van der Waals surface area contributed by atoms with Gasteiger partial charge >= 0.3 is 6.18 Å². The van der Waals surface area contributed by atoms with Gasteiger partial charge in [0.15, 0.2) is 0 Å². The Morgan fingerprint density at radius 2 is 1.68 bits per heavy atom. The van der Waals surface area contributed by atoms with E-state index in [0.717, 1.165) is 29.2 Å². The predicted octanol–water partition coefficient (Wildman–Crippen LogP) is 5.71. The molecule has 1 aliphatic rings. The lowest BCUT2D eigenvalue weighted by molar-refractivity contribution is -0.137. The smallest absolute Gasteiger partial charge is 0.416 e. The minimum Gasteiger partial charge on any atom is -0.507 e. The van der Waals surface area contributed by atoms with Crippen LogP contribution in [0.3, 0.4) is 0 Å². The monoisotopic (exact) mass is 471 g/mol. The molecule has 1 aromatic heterocycles. The third-order valence-corrected chi connectivity index (χ3v) is 5.23. The van der Waals surface area contributed by atoms with Crippen LogP contribution in [-0.4, -0.2) is 22.9 Å². The zero-order chi connectivity index (χ0) is 24.6. The molecule has 0 spiro atoms. The number of amides is 1.